The van der Waals surface area contributed by atoms with Crippen LogP contribution in [0.25, 0.3) is 5.69 Å². The number of hydrogen-bond acceptors (Lipinski definition) is 3. The Morgan fingerprint density at radius 1 is 1.44 bits per heavy atom. The molecule has 0 saturated heterocycles. The second-order valence-electron chi connectivity index (χ2n) is 4.41. The molecule has 6 heteroatoms. The minimum Gasteiger partial charge on any atom is -0.308 e. The number of aromatic nitrogens is 3. The Balaban J connectivity index is 1.80. The van der Waals surface area contributed by atoms with Gasteiger partial charge in [-0.2, -0.15) is 0 Å². The molecule has 1 N–H and O–H groups in total. The Morgan fingerprint density at radius 2 is 2.28 bits per heavy atom. The first-order valence-electron chi connectivity index (χ1n) is 5.82. The highest BCUT2D eigenvalue weighted by atomic mass is 79.9. The molecule has 1 aromatic heterocycles. The van der Waals surface area contributed by atoms with Crippen molar-refractivity contribution in [3.8, 4) is 5.69 Å². The number of halogens is 2. The molecule has 0 atom stereocenters. The van der Waals surface area contributed by atoms with Crippen LogP contribution in [0.2, 0.25) is 0 Å². The van der Waals surface area contributed by atoms with Crippen LogP contribution in [0.1, 0.15) is 18.5 Å². The van der Waals surface area contributed by atoms with Crippen LogP contribution in [0.5, 0.6) is 0 Å². The maximum Gasteiger partial charge on any atom is 0.125 e. The van der Waals surface area contributed by atoms with Gasteiger partial charge in [0.15, 0.2) is 0 Å². The molecular formula is C12H12BrFN4. The molecule has 1 saturated carbocycles. The van der Waals surface area contributed by atoms with E-state index in [4.69, 9.17) is 0 Å². The van der Waals surface area contributed by atoms with Crippen molar-refractivity contribution in [1.82, 2.24) is 20.3 Å². The average Bonchev–Trinajstić information content (AvgIpc) is 3.08. The normalized spacial score (nSPS) is 15.0. The number of nitrogens with one attached hydrogen (secondary N) is 1. The van der Waals surface area contributed by atoms with Gasteiger partial charge >= 0.3 is 0 Å². The van der Waals surface area contributed by atoms with Crippen molar-refractivity contribution in [3.63, 3.8) is 0 Å². The van der Waals surface area contributed by atoms with E-state index in [1.54, 1.807) is 10.7 Å². The molecule has 0 amide bonds. The quantitative estimate of drug-likeness (QED) is 0.943. The van der Waals surface area contributed by atoms with Crippen LogP contribution in [0.3, 0.4) is 0 Å². The fourth-order valence-electron chi connectivity index (χ4n) is 1.69. The molecule has 4 nitrogen and oxygen atoms in total. The monoisotopic (exact) mass is 310 g/mol. The number of hydrogen-bond donors (Lipinski definition) is 1. The lowest BCUT2D eigenvalue weighted by Crippen LogP contribution is -2.15. The van der Waals surface area contributed by atoms with Crippen LogP contribution in [-0.2, 0) is 6.54 Å². The number of rotatable bonds is 4. The predicted octanol–water partition coefficient (Wildman–Crippen LogP) is 2.42. The third kappa shape index (κ3) is 2.59. The SMILES string of the molecule is Fc1ccc(Br)c(-n2cc(CNC3CC3)nn2)c1. The smallest absolute Gasteiger partial charge is 0.125 e. The van der Waals surface area contributed by atoms with Gasteiger partial charge in [-0.1, -0.05) is 5.21 Å². The Labute approximate surface area is 112 Å². The van der Waals surface area contributed by atoms with Crippen molar-refractivity contribution >= 4 is 15.9 Å². The van der Waals surface area contributed by atoms with Crippen molar-refractivity contribution in [3.05, 3.63) is 40.4 Å². The minimum atomic E-state index is -0.290. The Kier molecular flexibility index (Phi) is 3.13. The summed E-state index contributed by atoms with van der Waals surface area (Å²) in [6, 6.07) is 5.13. The maximum absolute atomic E-state index is 13.2. The molecule has 0 aliphatic heterocycles. The first-order valence-corrected chi connectivity index (χ1v) is 6.62. The molecule has 94 valence electrons. The number of nitrogens with zero attached hydrogens (tertiary/aromatic N) is 3. The van der Waals surface area contributed by atoms with Crippen molar-refractivity contribution in [1.29, 1.82) is 0 Å². The molecule has 1 aliphatic carbocycles. The summed E-state index contributed by atoms with van der Waals surface area (Å²) in [4.78, 5) is 0. The molecule has 0 radical (unpaired) electrons. The third-order valence-electron chi connectivity index (χ3n) is 2.85. The lowest BCUT2D eigenvalue weighted by Gasteiger charge is -2.03. The molecule has 0 bridgehead atoms. The standard InChI is InChI=1S/C12H12BrFN4/c13-11-4-1-8(14)5-12(11)18-7-10(16-17-18)6-15-9-2-3-9/h1,4-5,7,9,15H,2-3,6H2. The largest absolute Gasteiger partial charge is 0.308 e. The second-order valence-corrected chi connectivity index (χ2v) is 5.26. The van der Waals surface area contributed by atoms with Crippen LogP contribution in [0, 0.1) is 5.82 Å². The van der Waals surface area contributed by atoms with E-state index in [1.165, 1.54) is 25.0 Å². The van der Waals surface area contributed by atoms with Gasteiger partial charge in [-0.3, -0.25) is 0 Å². The van der Waals surface area contributed by atoms with Crippen LogP contribution in [-0.4, -0.2) is 21.0 Å². The van der Waals surface area contributed by atoms with E-state index in [1.807, 2.05) is 6.20 Å². The third-order valence-corrected chi connectivity index (χ3v) is 3.52. The van der Waals surface area contributed by atoms with Gasteiger partial charge in [0.2, 0.25) is 0 Å². The van der Waals surface area contributed by atoms with Crippen molar-refractivity contribution in [2.24, 2.45) is 0 Å². The van der Waals surface area contributed by atoms with E-state index in [-0.39, 0.29) is 5.82 Å². The van der Waals surface area contributed by atoms with Crippen LogP contribution in [0.15, 0.2) is 28.9 Å². The lowest BCUT2D eigenvalue weighted by molar-refractivity contribution is 0.624. The molecule has 0 unspecified atom stereocenters. The molecule has 3 rings (SSSR count). The molecule has 1 aliphatic rings. The van der Waals surface area contributed by atoms with Crippen LogP contribution in [0.4, 0.5) is 4.39 Å². The molecule has 18 heavy (non-hydrogen) atoms. The van der Waals surface area contributed by atoms with E-state index in [2.05, 4.69) is 31.6 Å². The van der Waals surface area contributed by atoms with Crippen molar-refractivity contribution in [2.45, 2.75) is 25.4 Å². The van der Waals surface area contributed by atoms with Gasteiger partial charge in [0.05, 0.1) is 17.6 Å². The van der Waals surface area contributed by atoms with Gasteiger partial charge < -0.3 is 5.32 Å². The zero-order chi connectivity index (χ0) is 12.5. The van der Waals surface area contributed by atoms with Gasteiger partial charge in [0.25, 0.3) is 0 Å². The first-order chi connectivity index (χ1) is 8.72. The van der Waals surface area contributed by atoms with Gasteiger partial charge in [-0.25, -0.2) is 9.07 Å². The molecule has 1 aromatic carbocycles. The zero-order valence-corrected chi connectivity index (χ0v) is 11.2. The Morgan fingerprint density at radius 3 is 3.06 bits per heavy atom. The molecule has 0 spiro atoms. The maximum atomic E-state index is 13.2. The number of benzene rings is 1. The van der Waals surface area contributed by atoms with E-state index < -0.39 is 0 Å². The van der Waals surface area contributed by atoms with E-state index in [9.17, 15) is 4.39 Å². The highest BCUT2D eigenvalue weighted by Gasteiger charge is 2.20. The summed E-state index contributed by atoms with van der Waals surface area (Å²) in [5.41, 5.74) is 1.51. The van der Waals surface area contributed by atoms with E-state index in [0.29, 0.717) is 18.3 Å². The highest BCUT2D eigenvalue weighted by molar-refractivity contribution is 9.10. The molecule has 1 fully saturated rings. The van der Waals surface area contributed by atoms with E-state index in [0.717, 1.165) is 10.2 Å². The van der Waals surface area contributed by atoms with Gasteiger partial charge in [-0.15, -0.1) is 5.10 Å². The first kappa shape index (κ1) is 11.8. The van der Waals surface area contributed by atoms with E-state index >= 15 is 0 Å². The van der Waals surface area contributed by atoms with Gasteiger partial charge in [-0.05, 0) is 40.9 Å². The second kappa shape index (κ2) is 4.78. The van der Waals surface area contributed by atoms with Gasteiger partial charge in [0, 0.05) is 23.1 Å². The van der Waals surface area contributed by atoms with Crippen LogP contribution < -0.4 is 5.32 Å². The van der Waals surface area contributed by atoms with Crippen LogP contribution >= 0.6 is 15.9 Å². The zero-order valence-electron chi connectivity index (χ0n) is 9.61. The summed E-state index contributed by atoms with van der Waals surface area (Å²) in [5, 5.41) is 11.4. The Bertz CT molecular complexity index is 565. The molecule has 2 aromatic rings. The predicted molar refractivity (Wildman–Crippen MR) is 68.9 cm³/mol. The summed E-state index contributed by atoms with van der Waals surface area (Å²) in [6.45, 7) is 0.706. The summed E-state index contributed by atoms with van der Waals surface area (Å²) >= 11 is 3.38. The van der Waals surface area contributed by atoms with Crippen molar-refractivity contribution in [2.75, 3.05) is 0 Å². The Hall–Kier alpha value is -1.27. The lowest BCUT2D eigenvalue weighted by atomic mass is 10.3. The summed E-state index contributed by atoms with van der Waals surface area (Å²) in [5.74, 6) is -0.290. The molecule has 1 heterocycles. The van der Waals surface area contributed by atoms with Crippen molar-refractivity contribution < 1.29 is 4.39 Å². The summed E-state index contributed by atoms with van der Waals surface area (Å²) < 4.78 is 15.6. The highest BCUT2D eigenvalue weighted by Crippen LogP contribution is 2.22. The summed E-state index contributed by atoms with van der Waals surface area (Å²) in [7, 11) is 0. The fourth-order valence-corrected chi connectivity index (χ4v) is 2.12. The molecular weight excluding hydrogens is 299 g/mol. The van der Waals surface area contributed by atoms with Gasteiger partial charge in [0.1, 0.15) is 5.82 Å². The topological polar surface area (TPSA) is 42.7 Å². The minimum absolute atomic E-state index is 0.290. The summed E-state index contributed by atoms with van der Waals surface area (Å²) in [6.07, 6.45) is 4.29. The fraction of sp³-hybridized carbons (Fsp3) is 0.333. The average molecular weight is 311 g/mol.